The molecule has 1 atom stereocenters. The lowest BCUT2D eigenvalue weighted by Crippen LogP contribution is -2.62. The first-order valence-electron chi connectivity index (χ1n) is 9.84. The molecule has 7 nitrogen and oxygen atoms in total. The van der Waals surface area contributed by atoms with Gasteiger partial charge in [0.15, 0.2) is 0 Å². The Kier molecular flexibility index (Phi) is 5.15. The molecule has 2 aliphatic heterocycles. The maximum absolute atomic E-state index is 13.2. The minimum Gasteiger partial charge on any atom is -0.506 e. The van der Waals surface area contributed by atoms with Gasteiger partial charge in [0.2, 0.25) is 11.8 Å². The van der Waals surface area contributed by atoms with Crippen molar-refractivity contribution >= 4 is 40.7 Å². The van der Waals surface area contributed by atoms with Gasteiger partial charge in [0.1, 0.15) is 11.4 Å². The summed E-state index contributed by atoms with van der Waals surface area (Å²) in [6.45, 7) is 2.23. The van der Waals surface area contributed by atoms with Crippen LogP contribution in [0.5, 0.6) is 5.75 Å². The van der Waals surface area contributed by atoms with Crippen LogP contribution >= 0.6 is 11.6 Å². The molecule has 2 N–H and O–H groups in total. The van der Waals surface area contributed by atoms with E-state index in [4.69, 9.17) is 11.6 Å². The normalized spacial score (nSPS) is 20.2. The van der Waals surface area contributed by atoms with Gasteiger partial charge in [-0.05, 0) is 50.1 Å². The SMILES string of the molecule is C[C@]12CCC(=O)N1c1ccccc1C(=O)N2CCCC(=O)Nc1cc(Cl)ccc1O. The van der Waals surface area contributed by atoms with Crippen LogP contribution in [0.25, 0.3) is 0 Å². The summed E-state index contributed by atoms with van der Waals surface area (Å²) in [5.74, 6) is -0.492. The second-order valence-electron chi connectivity index (χ2n) is 7.73. The van der Waals surface area contributed by atoms with Crippen LogP contribution in [-0.4, -0.2) is 39.9 Å². The number of nitrogens with one attached hydrogen (secondary N) is 1. The van der Waals surface area contributed by atoms with Crippen LogP contribution < -0.4 is 10.2 Å². The van der Waals surface area contributed by atoms with Crippen molar-refractivity contribution in [1.29, 1.82) is 0 Å². The smallest absolute Gasteiger partial charge is 0.257 e. The number of phenols is 1. The molecule has 156 valence electrons. The Labute approximate surface area is 179 Å². The van der Waals surface area contributed by atoms with Crippen molar-refractivity contribution in [2.24, 2.45) is 0 Å². The quantitative estimate of drug-likeness (QED) is 0.711. The molecule has 0 spiro atoms. The van der Waals surface area contributed by atoms with Crippen LogP contribution in [0.3, 0.4) is 0 Å². The van der Waals surface area contributed by atoms with Gasteiger partial charge in [0.05, 0.1) is 16.9 Å². The van der Waals surface area contributed by atoms with Crippen LogP contribution in [0, 0.1) is 0 Å². The van der Waals surface area contributed by atoms with E-state index in [1.165, 1.54) is 18.2 Å². The highest BCUT2D eigenvalue weighted by atomic mass is 35.5. The van der Waals surface area contributed by atoms with Gasteiger partial charge in [-0.3, -0.25) is 19.3 Å². The molecule has 4 rings (SSSR count). The lowest BCUT2D eigenvalue weighted by molar-refractivity contribution is -0.118. The number of benzene rings is 2. The number of hydrogen-bond donors (Lipinski definition) is 2. The van der Waals surface area contributed by atoms with Crippen LogP contribution in [0.15, 0.2) is 42.5 Å². The predicted octanol–water partition coefficient (Wildman–Crippen LogP) is 3.76. The Bertz CT molecular complexity index is 1040. The highest BCUT2D eigenvalue weighted by Crippen LogP contribution is 2.44. The van der Waals surface area contributed by atoms with Gasteiger partial charge in [-0.25, -0.2) is 0 Å². The van der Waals surface area contributed by atoms with Crippen molar-refractivity contribution in [2.75, 3.05) is 16.8 Å². The number of hydrogen-bond acceptors (Lipinski definition) is 4. The number of carbonyl (C=O) groups is 3. The van der Waals surface area contributed by atoms with Crippen molar-refractivity contribution < 1.29 is 19.5 Å². The molecular formula is C22H22ClN3O4. The molecule has 0 bridgehead atoms. The molecule has 8 heteroatoms. The van der Waals surface area contributed by atoms with Gasteiger partial charge in [-0.15, -0.1) is 0 Å². The first-order valence-corrected chi connectivity index (χ1v) is 10.2. The zero-order valence-corrected chi connectivity index (χ0v) is 17.3. The third-order valence-electron chi connectivity index (χ3n) is 5.76. The number of fused-ring (bicyclic) bond motifs is 3. The van der Waals surface area contributed by atoms with Crippen molar-refractivity contribution in [2.45, 2.75) is 38.3 Å². The molecule has 2 aliphatic rings. The minimum absolute atomic E-state index is 0.00313. The average molecular weight is 428 g/mol. The highest BCUT2D eigenvalue weighted by Gasteiger charge is 2.52. The number of amides is 3. The van der Waals surface area contributed by atoms with E-state index in [1.807, 2.05) is 13.0 Å². The summed E-state index contributed by atoms with van der Waals surface area (Å²) in [4.78, 5) is 41.5. The second kappa shape index (κ2) is 7.65. The van der Waals surface area contributed by atoms with Crippen molar-refractivity contribution in [3.05, 3.63) is 53.1 Å². The van der Waals surface area contributed by atoms with E-state index >= 15 is 0 Å². The van der Waals surface area contributed by atoms with Crippen LogP contribution in [-0.2, 0) is 9.59 Å². The Balaban J connectivity index is 1.47. The molecule has 2 aromatic carbocycles. The van der Waals surface area contributed by atoms with Gasteiger partial charge >= 0.3 is 0 Å². The van der Waals surface area contributed by atoms with Crippen LogP contribution in [0.4, 0.5) is 11.4 Å². The Morgan fingerprint density at radius 1 is 1.23 bits per heavy atom. The van der Waals surface area contributed by atoms with Crippen molar-refractivity contribution in [3.63, 3.8) is 0 Å². The fourth-order valence-electron chi connectivity index (χ4n) is 4.26. The molecule has 1 saturated heterocycles. The van der Waals surface area contributed by atoms with Gasteiger partial charge in [0.25, 0.3) is 5.91 Å². The molecule has 3 amide bonds. The monoisotopic (exact) mass is 427 g/mol. The third kappa shape index (κ3) is 3.39. The maximum Gasteiger partial charge on any atom is 0.257 e. The minimum atomic E-state index is -0.732. The fourth-order valence-corrected chi connectivity index (χ4v) is 4.43. The molecule has 0 radical (unpaired) electrons. The molecule has 30 heavy (non-hydrogen) atoms. The average Bonchev–Trinajstić information content (AvgIpc) is 3.03. The summed E-state index contributed by atoms with van der Waals surface area (Å²) in [7, 11) is 0. The van der Waals surface area contributed by atoms with E-state index < -0.39 is 5.66 Å². The van der Waals surface area contributed by atoms with Gasteiger partial charge in [-0.2, -0.15) is 0 Å². The summed E-state index contributed by atoms with van der Waals surface area (Å²) in [6, 6.07) is 11.5. The molecular weight excluding hydrogens is 406 g/mol. The van der Waals surface area contributed by atoms with E-state index in [2.05, 4.69) is 5.32 Å². The van der Waals surface area contributed by atoms with E-state index in [0.29, 0.717) is 42.1 Å². The summed E-state index contributed by atoms with van der Waals surface area (Å²) < 4.78 is 0. The predicted molar refractivity (Wildman–Crippen MR) is 114 cm³/mol. The number of nitrogens with zero attached hydrogens (tertiary/aromatic N) is 2. The van der Waals surface area contributed by atoms with E-state index in [9.17, 15) is 19.5 Å². The third-order valence-corrected chi connectivity index (χ3v) is 6.00. The van der Waals surface area contributed by atoms with E-state index in [1.54, 1.807) is 28.0 Å². The number of phenolic OH excluding ortho intramolecular Hbond substituents is 1. The number of carbonyl (C=O) groups excluding carboxylic acids is 3. The molecule has 0 aliphatic carbocycles. The van der Waals surface area contributed by atoms with Gasteiger partial charge < -0.3 is 15.3 Å². The Hall–Kier alpha value is -3.06. The number of para-hydroxylation sites is 1. The number of aromatic hydroxyl groups is 1. The summed E-state index contributed by atoms with van der Waals surface area (Å²) >= 11 is 5.90. The zero-order valence-electron chi connectivity index (χ0n) is 16.5. The van der Waals surface area contributed by atoms with Crippen molar-refractivity contribution in [3.8, 4) is 5.75 Å². The van der Waals surface area contributed by atoms with E-state index in [-0.39, 0.29) is 35.6 Å². The molecule has 0 aromatic heterocycles. The van der Waals surface area contributed by atoms with Crippen molar-refractivity contribution in [1.82, 2.24) is 4.90 Å². The molecule has 2 heterocycles. The van der Waals surface area contributed by atoms with E-state index in [0.717, 1.165) is 0 Å². The number of halogens is 1. The Morgan fingerprint density at radius 3 is 2.80 bits per heavy atom. The highest BCUT2D eigenvalue weighted by molar-refractivity contribution is 6.31. The first kappa shape index (κ1) is 20.2. The molecule has 1 fully saturated rings. The number of anilines is 2. The topological polar surface area (TPSA) is 90.0 Å². The molecule has 0 saturated carbocycles. The fraction of sp³-hybridized carbons (Fsp3) is 0.318. The lowest BCUT2D eigenvalue weighted by atomic mass is 9.98. The summed E-state index contributed by atoms with van der Waals surface area (Å²) in [6.07, 6.45) is 1.50. The standard InChI is InChI=1S/C22H22ClN3O4/c1-22-11-10-20(29)26(22)17-6-3-2-5-15(17)21(30)25(22)12-4-7-19(28)24-16-13-14(23)8-9-18(16)27/h2-3,5-6,8-9,13,27H,4,7,10-12H2,1H3,(H,24,28)/t22-/m1/s1. The summed E-state index contributed by atoms with van der Waals surface area (Å²) in [5.41, 5.74) is 0.663. The summed E-state index contributed by atoms with van der Waals surface area (Å²) in [5, 5.41) is 12.9. The van der Waals surface area contributed by atoms with Crippen LogP contribution in [0.2, 0.25) is 5.02 Å². The molecule has 0 unspecified atom stereocenters. The van der Waals surface area contributed by atoms with Gasteiger partial charge in [0, 0.05) is 24.4 Å². The Morgan fingerprint density at radius 2 is 2.00 bits per heavy atom. The molecule has 2 aromatic rings. The maximum atomic E-state index is 13.2. The van der Waals surface area contributed by atoms with Gasteiger partial charge in [-0.1, -0.05) is 23.7 Å². The zero-order chi connectivity index (χ0) is 21.5. The first-order chi connectivity index (χ1) is 14.3. The number of rotatable bonds is 5. The van der Waals surface area contributed by atoms with Crippen LogP contribution in [0.1, 0.15) is 43.0 Å². The lowest BCUT2D eigenvalue weighted by Gasteiger charge is -2.48. The largest absolute Gasteiger partial charge is 0.506 e. The second-order valence-corrected chi connectivity index (χ2v) is 8.17.